The zero-order valence-corrected chi connectivity index (χ0v) is 27.2. The van der Waals surface area contributed by atoms with E-state index in [9.17, 15) is 0 Å². The molecule has 0 amide bonds. The predicted octanol–water partition coefficient (Wildman–Crippen LogP) is 11.2. The molecule has 0 aliphatic carbocycles. The van der Waals surface area contributed by atoms with E-state index in [0.717, 1.165) is 55.4 Å². The number of rotatable bonds is 5. The maximum Gasteiger partial charge on any atom is 0.164 e. The maximum atomic E-state index is 5.27. The summed E-state index contributed by atoms with van der Waals surface area (Å²) in [5, 5.41) is 3.42. The molecule has 0 saturated carbocycles. The van der Waals surface area contributed by atoms with Gasteiger partial charge in [-0.1, -0.05) is 148 Å². The largest absolute Gasteiger partial charge is 0.247 e. The summed E-state index contributed by atoms with van der Waals surface area (Å²) < 4.78 is 0. The van der Waals surface area contributed by atoms with Crippen LogP contribution >= 0.6 is 0 Å². The average molecular weight is 619 g/mol. The van der Waals surface area contributed by atoms with Gasteiger partial charge < -0.3 is 0 Å². The summed E-state index contributed by atoms with van der Waals surface area (Å²) in [6.07, 6.45) is 0. The minimum atomic E-state index is 0.0615. The third kappa shape index (κ3) is 5.62. The summed E-state index contributed by atoms with van der Waals surface area (Å²) >= 11 is 0. The molecule has 2 heterocycles. The lowest BCUT2D eigenvalue weighted by Gasteiger charge is -2.19. The third-order valence-electron chi connectivity index (χ3n) is 8.86. The lowest BCUT2D eigenvalue weighted by molar-refractivity contribution is 0.590. The van der Waals surface area contributed by atoms with Crippen LogP contribution in [0.15, 0.2) is 152 Å². The van der Waals surface area contributed by atoms with Crippen LogP contribution in [-0.4, -0.2) is 19.9 Å². The summed E-state index contributed by atoms with van der Waals surface area (Å²) in [6.45, 7) is 6.73. The molecule has 6 aromatic carbocycles. The Morgan fingerprint density at radius 3 is 1.44 bits per heavy atom. The zero-order chi connectivity index (χ0) is 32.7. The Morgan fingerprint density at radius 1 is 0.354 bits per heavy atom. The number of pyridine rings is 1. The first-order valence-electron chi connectivity index (χ1n) is 16.3. The van der Waals surface area contributed by atoms with E-state index in [4.69, 9.17) is 19.9 Å². The van der Waals surface area contributed by atoms with E-state index in [2.05, 4.69) is 106 Å². The van der Waals surface area contributed by atoms with Crippen molar-refractivity contribution >= 4 is 21.7 Å². The first-order chi connectivity index (χ1) is 23.4. The molecule has 0 aliphatic heterocycles. The first-order valence-corrected chi connectivity index (χ1v) is 16.3. The summed E-state index contributed by atoms with van der Waals surface area (Å²) in [5.74, 6) is 1.88. The summed E-state index contributed by atoms with van der Waals surface area (Å²) in [5.41, 5.74) is 9.23. The lowest BCUT2D eigenvalue weighted by atomic mass is 9.86. The van der Waals surface area contributed by atoms with Gasteiger partial charge in [-0.25, -0.2) is 19.9 Å². The summed E-state index contributed by atoms with van der Waals surface area (Å²) in [6, 6.07) is 52.6. The smallest absolute Gasteiger partial charge is 0.164 e. The third-order valence-corrected chi connectivity index (χ3v) is 8.86. The van der Waals surface area contributed by atoms with E-state index in [1.807, 2.05) is 66.7 Å². The zero-order valence-electron chi connectivity index (χ0n) is 27.2. The van der Waals surface area contributed by atoms with Crippen LogP contribution in [0.3, 0.4) is 0 Å². The highest BCUT2D eigenvalue weighted by Crippen LogP contribution is 2.38. The van der Waals surface area contributed by atoms with Crippen LogP contribution in [0.1, 0.15) is 26.3 Å². The fourth-order valence-electron chi connectivity index (χ4n) is 6.28. The van der Waals surface area contributed by atoms with Gasteiger partial charge >= 0.3 is 0 Å². The molecule has 0 N–H and O–H groups in total. The van der Waals surface area contributed by atoms with Gasteiger partial charge in [-0.15, -0.1) is 0 Å². The van der Waals surface area contributed by atoms with Crippen molar-refractivity contribution in [2.24, 2.45) is 0 Å². The van der Waals surface area contributed by atoms with Crippen molar-refractivity contribution in [3.63, 3.8) is 0 Å². The van der Waals surface area contributed by atoms with Crippen molar-refractivity contribution in [3.05, 3.63) is 157 Å². The Hall–Kier alpha value is -6.00. The van der Waals surface area contributed by atoms with Gasteiger partial charge in [0.25, 0.3) is 0 Å². The highest BCUT2D eigenvalue weighted by Gasteiger charge is 2.18. The lowest BCUT2D eigenvalue weighted by Crippen LogP contribution is -2.10. The fraction of sp³-hybridized carbons (Fsp3) is 0.0909. The molecule has 48 heavy (non-hydrogen) atoms. The molecule has 230 valence electrons. The molecule has 0 bridgehead atoms. The topological polar surface area (TPSA) is 51.6 Å². The highest BCUT2D eigenvalue weighted by molar-refractivity contribution is 6.11. The maximum absolute atomic E-state index is 5.27. The van der Waals surface area contributed by atoms with Crippen LogP contribution in [0.5, 0.6) is 0 Å². The fourth-order valence-corrected chi connectivity index (χ4v) is 6.28. The minimum absolute atomic E-state index is 0.0615. The molecule has 4 nitrogen and oxygen atoms in total. The molecule has 0 fully saturated rings. The van der Waals surface area contributed by atoms with E-state index < -0.39 is 0 Å². The van der Waals surface area contributed by atoms with Gasteiger partial charge in [-0.3, -0.25) is 0 Å². The number of aromatic nitrogens is 4. The molecule has 0 aliphatic rings. The standard InChI is InChI=1S/C44H34N4/c1-44(2,3)35-24-22-29(23-25-35)32-26-33(40-38-20-11-10-18-36(38)37-19-12-13-21-39(37)45-40)28-34(27-32)43-47-41(30-14-6-4-7-15-30)46-42(48-43)31-16-8-5-9-17-31/h4-28H,1-3H3. The van der Waals surface area contributed by atoms with Crippen molar-refractivity contribution in [1.29, 1.82) is 0 Å². The SMILES string of the molecule is CC(C)(C)c1ccc(-c2cc(-c3nc(-c4ccccc4)nc(-c4ccccc4)n3)cc(-c3nc4ccccc4c4ccccc34)c2)cc1. The minimum Gasteiger partial charge on any atom is -0.247 e. The molecular weight excluding hydrogens is 585 g/mol. The van der Waals surface area contributed by atoms with E-state index in [0.29, 0.717) is 17.5 Å². The van der Waals surface area contributed by atoms with Crippen LogP contribution in [0.25, 0.3) is 78.2 Å². The predicted molar refractivity (Wildman–Crippen MR) is 199 cm³/mol. The average Bonchev–Trinajstić information content (AvgIpc) is 3.14. The number of benzene rings is 6. The van der Waals surface area contributed by atoms with Gasteiger partial charge in [0.05, 0.1) is 11.2 Å². The number of para-hydroxylation sites is 1. The van der Waals surface area contributed by atoms with Crippen molar-refractivity contribution < 1.29 is 0 Å². The van der Waals surface area contributed by atoms with Crippen LogP contribution in [-0.2, 0) is 5.41 Å². The van der Waals surface area contributed by atoms with Crippen LogP contribution in [0, 0.1) is 0 Å². The molecule has 2 aromatic heterocycles. The summed E-state index contributed by atoms with van der Waals surface area (Å²) in [4.78, 5) is 20.4. The van der Waals surface area contributed by atoms with Crippen molar-refractivity contribution in [3.8, 4) is 56.5 Å². The van der Waals surface area contributed by atoms with Gasteiger partial charge in [0.15, 0.2) is 17.5 Å². The van der Waals surface area contributed by atoms with Gasteiger partial charge in [-0.2, -0.15) is 0 Å². The molecule has 0 unspecified atom stereocenters. The molecule has 0 atom stereocenters. The van der Waals surface area contributed by atoms with Crippen LogP contribution in [0.4, 0.5) is 0 Å². The highest BCUT2D eigenvalue weighted by atomic mass is 15.0. The quantitative estimate of drug-likeness (QED) is 0.180. The Bertz CT molecular complexity index is 2350. The van der Waals surface area contributed by atoms with Gasteiger partial charge in [-0.05, 0) is 51.8 Å². The molecule has 0 saturated heterocycles. The number of fused-ring (bicyclic) bond motifs is 3. The molecule has 4 heteroatoms. The van der Waals surface area contributed by atoms with E-state index in [1.165, 1.54) is 10.9 Å². The second kappa shape index (κ2) is 12.0. The molecule has 8 aromatic rings. The first kappa shape index (κ1) is 29.4. The van der Waals surface area contributed by atoms with Gasteiger partial charge in [0.2, 0.25) is 0 Å². The normalized spacial score (nSPS) is 11.6. The van der Waals surface area contributed by atoms with E-state index in [1.54, 1.807) is 0 Å². The summed E-state index contributed by atoms with van der Waals surface area (Å²) in [7, 11) is 0. The van der Waals surface area contributed by atoms with Gasteiger partial charge in [0.1, 0.15) is 0 Å². The monoisotopic (exact) mass is 618 g/mol. The van der Waals surface area contributed by atoms with Crippen LogP contribution in [0.2, 0.25) is 0 Å². The molecular formula is C44H34N4. The van der Waals surface area contributed by atoms with Crippen molar-refractivity contribution in [2.75, 3.05) is 0 Å². The van der Waals surface area contributed by atoms with E-state index in [-0.39, 0.29) is 5.41 Å². The second-order valence-corrected chi connectivity index (χ2v) is 13.2. The van der Waals surface area contributed by atoms with E-state index >= 15 is 0 Å². The Balaban J connectivity index is 1.39. The molecule has 8 rings (SSSR count). The Kier molecular flexibility index (Phi) is 7.34. The second-order valence-electron chi connectivity index (χ2n) is 13.2. The van der Waals surface area contributed by atoms with Crippen LogP contribution < -0.4 is 0 Å². The molecule has 0 spiro atoms. The van der Waals surface area contributed by atoms with Gasteiger partial charge in [0, 0.05) is 33.0 Å². The molecule has 0 radical (unpaired) electrons. The van der Waals surface area contributed by atoms with Crippen molar-refractivity contribution in [2.45, 2.75) is 26.2 Å². The Morgan fingerprint density at radius 2 is 0.833 bits per heavy atom. The number of hydrogen-bond acceptors (Lipinski definition) is 4. The number of hydrogen-bond donors (Lipinski definition) is 0. The van der Waals surface area contributed by atoms with Crippen molar-refractivity contribution in [1.82, 2.24) is 19.9 Å². The number of nitrogens with zero attached hydrogens (tertiary/aromatic N) is 4. The Labute approximate surface area is 280 Å².